The molecule has 0 bridgehead atoms. The molecule has 1 atom stereocenters. The number of aromatic nitrogens is 1. The van der Waals surface area contributed by atoms with Crippen LogP contribution >= 0.6 is 0 Å². The minimum atomic E-state index is -1.33. The Morgan fingerprint density at radius 1 is 1.28 bits per heavy atom. The van der Waals surface area contributed by atoms with Crippen molar-refractivity contribution < 1.29 is 24.4 Å². The monoisotopic (exact) mass is 399 g/mol. The molecule has 3 rings (SSSR count). The Kier molecular flexibility index (Phi) is 5.23. The molecule has 1 aromatic carbocycles. The van der Waals surface area contributed by atoms with Crippen LogP contribution in [0.15, 0.2) is 36.4 Å². The molecule has 0 aliphatic carbocycles. The van der Waals surface area contributed by atoms with E-state index in [4.69, 9.17) is 4.74 Å². The number of hydrogen-bond donors (Lipinski definition) is 1. The van der Waals surface area contributed by atoms with E-state index in [1.165, 1.54) is 19.9 Å². The fourth-order valence-corrected chi connectivity index (χ4v) is 3.19. The van der Waals surface area contributed by atoms with Gasteiger partial charge in [0, 0.05) is 6.07 Å². The smallest absolute Gasteiger partial charge is 0.366 e. The van der Waals surface area contributed by atoms with E-state index in [1.807, 2.05) is 31.2 Å². The number of carbonyl (C=O) groups is 2. The first-order chi connectivity index (χ1) is 13.6. The van der Waals surface area contributed by atoms with Gasteiger partial charge in [0.1, 0.15) is 6.04 Å². The van der Waals surface area contributed by atoms with Crippen LogP contribution in [0.4, 0.5) is 11.6 Å². The highest BCUT2D eigenvalue weighted by atomic mass is 16.6. The van der Waals surface area contributed by atoms with Gasteiger partial charge < -0.3 is 20.0 Å². The predicted molar refractivity (Wildman–Crippen MR) is 104 cm³/mol. The van der Waals surface area contributed by atoms with Crippen molar-refractivity contribution in [1.82, 2.24) is 4.98 Å². The van der Waals surface area contributed by atoms with Gasteiger partial charge >= 0.3 is 11.8 Å². The molecule has 0 spiro atoms. The fourth-order valence-electron chi connectivity index (χ4n) is 3.19. The number of aryl methyl sites for hydroxylation is 2. The number of nitro groups is 1. The van der Waals surface area contributed by atoms with E-state index in [2.05, 4.69) is 4.98 Å². The van der Waals surface area contributed by atoms with Gasteiger partial charge in [-0.05, 0) is 55.1 Å². The number of carbonyl (C=O) groups excluding carboxylic acids is 1. The van der Waals surface area contributed by atoms with Crippen molar-refractivity contribution in [2.24, 2.45) is 0 Å². The van der Waals surface area contributed by atoms with Crippen LogP contribution in [-0.2, 0) is 16.0 Å². The quantitative estimate of drug-likeness (QED) is 0.585. The molecule has 0 saturated heterocycles. The fraction of sp³-hybridized carbons (Fsp3) is 0.350. The van der Waals surface area contributed by atoms with Gasteiger partial charge in [-0.2, -0.15) is 0 Å². The highest BCUT2D eigenvalue weighted by molar-refractivity contribution is 6.05. The number of carboxylic acids is 1. The summed E-state index contributed by atoms with van der Waals surface area (Å²) in [6.45, 7) is 4.99. The number of nitrogens with zero attached hydrogens (tertiary/aromatic N) is 3. The Morgan fingerprint density at radius 3 is 2.52 bits per heavy atom. The van der Waals surface area contributed by atoms with E-state index in [1.54, 1.807) is 0 Å². The SMILES string of the molecule is Cc1ccc(CCC(C(=O)O)N2C(=O)C(C)(C)Oc3ccc([N+](=O)[O-])nc32)cc1. The van der Waals surface area contributed by atoms with E-state index in [0.29, 0.717) is 6.42 Å². The molecule has 152 valence electrons. The summed E-state index contributed by atoms with van der Waals surface area (Å²) in [4.78, 5) is 40.4. The molecule has 1 aromatic heterocycles. The first-order valence-corrected chi connectivity index (χ1v) is 9.06. The first kappa shape index (κ1) is 20.2. The molecule has 2 aromatic rings. The van der Waals surface area contributed by atoms with Gasteiger partial charge in [0.05, 0.1) is 0 Å². The molecule has 9 nitrogen and oxygen atoms in total. The third-order valence-electron chi connectivity index (χ3n) is 4.76. The van der Waals surface area contributed by atoms with Crippen molar-refractivity contribution in [2.45, 2.75) is 45.3 Å². The van der Waals surface area contributed by atoms with Crippen LogP contribution in [0.1, 0.15) is 31.4 Å². The van der Waals surface area contributed by atoms with Crippen molar-refractivity contribution in [3.05, 3.63) is 57.6 Å². The molecule has 0 radical (unpaired) electrons. The number of ether oxygens (including phenoxy) is 1. The van der Waals surface area contributed by atoms with Crippen molar-refractivity contribution in [2.75, 3.05) is 4.90 Å². The molecule has 2 heterocycles. The van der Waals surface area contributed by atoms with E-state index in [9.17, 15) is 24.8 Å². The highest BCUT2D eigenvalue weighted by Crippen LogP contribution is 2.39. The average Bonchev–Trinajstić information content (AvgIpc) is 2.65. The zero-order valence-corrected chi connectivity index (χ0v) is 16.3. The number of aliphatic carboxylic acids is 1. The number of amides is 1. The Morgan fingerprint density at radius 2 is 1.93 bits per heavy atom. The van der Waals surface area contributed by atoms with Gasteiger partial charge in [-0.1, -0.05) is 29.8 Å². The maximum absolute atomic E-state index is 13.0. The maximum Gasteiger partial charge on any atom is 0.366 e. The molecule has 9 heteroatoms. The number of rotatable bonds is 6. The molecule has 1 N–H and O–H groups in total. The summed E-state index contributed by atoms with van der Waals surface area (Å²) in [5.41, 5.74) is 0.677. The van der Waals surface area contributed by atoms with Gasteiger partial charge in [0.2, 0.25) is 0 Å². The zero-order chi connectivity index (χ0) is 21.3. The topological polar surface area (TPSA) is 123 Å². The largest absolute Gasteiger partial charge is 0.480 e. The summed E-state index contributed by atoms with van der Waals surface area (Å²) in [5, 5.41) is 21.0. The molecule has 1 aliphatic heterocycles. The lowest BCUT2D eigenvalue weighted by Crippen LogP contribution is -2.58. The lowest BCUT2D eigenvalue weighted by molar-refractivity contribution is -0.389. The van der Waals surface area contributed by atoms with Gasteiger partial charge in [-0.25, -0.2) is 4.79 Å². The molecule has 1 unspecified atom stereocenters. The van der Waals surface area contributed by atoms with Crippen LogP contribution in [0.5, 0.6) is 5.75 Å². The van der Waals surface area contributed by atoms with Crippen molar-refractivity contribution in [3.8, 4) is 5.75 Å². The van der Waals surface area contributed by atoms with Crippen LogP contribution in [0.2, 0.25) is 0 Å². The number of anilines is 1. The van der Waals surface area contributed by atoms with Crippen LogP contribution in [-0.4, -0.2) is 38.5 Å². The highest BCUT2D eigenvalue weighted by Gasteiger charge is 2.48. The van der Waals surface area contributed by atoms with Crippen molar-refractivity contribution >= 4 is 23.5 Å². The molecule has 0 fully saturated rings. The van der Waals surface area contributed by atoms with E-state index >= 15 is 0 Å². The van der Waals surface area contributed by atoms with E-state index in [0.717, 1.165) is 22.1 Å². The van der Waals surface area contributed by atoms with Crippen molar-refractivity contribution in [3.63, 3.8) is 0 Å². The number of fused-ring (bicyclic) bond motifs is 1. The second-order valence-electron chi connectivity index (χ2n) is 7.41. The van der Waals surface area contributed by atoms with Crippen LogP contribution in [0.3, 0.4) is 0 Å². The zero-order valence-electron chi connectivity index (χ0n) is 16.3. The van der Waals surface area contributed by atoms with Crippen LogP contribution in [0.25, 0.3) is 0 Å². The molecule has 29 heavy (non-hydrogen) atoms. The molecule has 1 amide bonds. The normalized spacial score (nSPS) is 16.0. The molecular formula is C20H21N3O6. The third kappa shape index (κ3) is 4.03. The molecule has 1 aliphatic rings. The second-order valence-corrected chi connectivity index (χ2v) is 7.41. The number of pyridine rings is 1. The van der Waals surface area contributed by atoms with E-state index in [-0.39, 0.29) is 18.0 Å². The van der Waals surface area contributed by atoms with Gasteiger partial charge in [0.25, 0.3) is 11.7 Å². The number of hydrogen-bond acceptors (Lipinski definition) is 6. The summed E-state index contributed by atoms with van der Waals surface area (Å²) in [5.74, 6) is -2.36. The second kappa shape index (κ2) is 7.50. The standard InChI is InChI=1S/C20H21N3O6/c1-12-4-6-13(7-5-12)8-9-14(18(24)25)22-17-15(29-20(2,3)19(22)26)10-11-16(21-17)23(27)28/h4-7,10-11,14H,8-9H2,1-3H3,(H,24,25). The molecular weight excluding hydrogens is 378 g/mol. The number of carboxylic acid groups (broad SMARTS) is 1. The van der Waals surface area contributed by atoms with Crippen LogP contribution in [0, 0.1) is 17.0 Å². The summed E-state index contributed by atoms with van der Waals surface area (Å²) in [6, 6.07) is 8.89. The lowest BCUT2D eigenvalue weighted by atomic mass is 9.99. The third-order valence-corrected chi connectivity index (χ3v) is 4.76. The molecule has 0 saturated carbocycles. The Hall–Kier alpha value is -3.49. The first-order valence-electron chi connectivity index (χ1n) is 9.06. The average molecular weight is 399 g/mol. The van der Waals surface area contributed by atoms with Gasteiger partial charge in [-0.15, -0.1) is 0 Å². The number of benzene rings is 1. The van der Waals surface area contributed by atoms with Crippen molar-refractivity contribution in [1.29, 1.82) is 0 Å². The van der Waals surface area contributed by atoms with Crippen LogP contribution < -0.4 is 9.64 Å². The summed E-state index contributed by atoms with van der Waals surface area (Å²) < 4.78 is 5.63. The Bertz CT molecular complexity index is 971. The van der Waals surface area contributed by atoms with E-state index < -0.39 is 34.3 Å². The summed E-state index contributed by atoms with van der Waals surface area (Å²) in [6.07, 6.45) is 0.524. The Balaban J connectivity index is 2.00. The summed E-state index contributed by atoms with van der Waals surface area (Å²) in [7, 11) is 0. The van der Waals surface area contributed by atoms with Gasteiger partial charge in [0.15, 0.2) is 11.4 Å². The lowest BCUT2D eigenvalue weighted by Gasteiger charge is -2.38. The maximum atomic E-state index is 13.0. The minimum absolute atomic E-state index is 0.115. The van der Waals surface area contributed by atoms with Gasteiger partial charge in [-0.3, -0.25) is 9.69 Å². The summed E-state index contributed by atoms with van der Waals surface area (Å²) >= 11 is 0. The predicted octanol–water partition coefficient (Wildman–Crippen LogP) is 2.89. The Labute approximate surface area is 167 Å². The minimum Gasteiger partial charge on any atom is -0.480 e.